The van der Waals surface area contributed by atoms with Gasteiger partial charge in [0.15, 0.2) is 17.2 Å². The SMILES string of the molecule is COc1ccc(-c2nn(C(C)c3nc4cc(C)ccc4c(=O)n3C3CC3)c3ncnc(N)c23)cc1F. The highest BCUT2D eigenvalue weighted by Crippen LogP contribution is 2.38. The summed E-state index contributed by atoms with van der Waals surface area (Å²) in [5.41, 5.74) is 9.27. The van der Waals surface area contributed by atoms with E-state index in [1.807, 2.05) is 32.0 Å². The van der Waals surface area contributed by atoms with Gasteiger partial charge in [-0.25, -0.2) is 24.0 Å². The molecular formula is C26H24FN7O2. The number of methoxy groups -OCH3 is 1. The van der Waals surface area contributed by atoms with Gasteiger partial charge in [-0.2, -0.15) is 5.10 Å². The molecule has 1 aliphatic rings. The maximum Gasteiger partial charge on any atom is 0.261 e. The number of hydrogen-bond acceptors (Lipinski definition) is 7. The van der Waals surface area contributed by atoms with Crippen molar-refractivity contribution >= 4 is 27.8 Å². The first-order valence-electron chi connectivity index (χ1n) is 11.7. The number of aromatic nitrogens is 6. The van der Waals surface area contributed by atoms with E-state index in [0.29, 0.717) is 39.0 Å². The van der Waals surface area contributed by atoms with E-state index in [0.717, 1.165) is 18.4 Å². The zero-order valence-electron chi connectivity index (χ0n) is 20.1. The predicted octanol–water partition coefficient (Wildman–Crippen LogP) is 4.19. The molecular weight excluding hydrogens is 461 g/mol. The zero-order valence-corrected chi connectivity index (χ0v) is 20.1. The van der Waals surface area contributed by atoms with Gasteiger partial charge in [0.05, 0.1) is 23.4 Å². The van der Waals surface area contributed by atoms with Crippen LogP contribution < -0.4 is 16.0 Å². The van der Waals surface area contributed by atoms with Gasteiger partial charge in [-0.05, 0) is 62.6 Å². The normalized spacial score (nSPS) is 14.4. The Morgan fingerprint density at radius 1 is 1.17 bits per heavy atom. The summed E-state index contributed by atoms with van der Waals surface area (Å²) in [6.07, 6.45) is 3.21. The molecule has 182 valence electrons. The van der Waals surface area contributed by atoms with Crippen molar-refractivity contribution < 1.29 is 9.13 Å². The lowest BCUT2D eigenvalue weighted by Gasteiger charge is -2.19. The summed E-state index contributed by atoms with van der Waals surface area (Å²) in [5, 5.41) is 5.91. The van der Waals surface area contributed by atoms with Crippen LogP contribution in [0, 0.1) is 12.7 Å². The van der Waals surface area contributed by atoms with Gasteiger partial charge in [-0.1, -0.05) is 6.07 Å². The molecule has 0 saturated heterocycles. The molecule has 1 unspecified atom stereocenters. The summed E-state index contributed by atoms with van der Waals surface area (Å²) < 4.78 is 23.1. The summed E-state index contributed by atoms with van der Waals surface area (Å²) in [5.74, 6) is 0.431. The van der Waals surface area contributed by atoms with E-state index >= 15 is 0 Å². The summed E-state index contributed by atoms with van der Waals surface area (Å²) in [7, 11) is 1.41. The lowest BCUT2D eigenvalue weighted by atomic mass is 10.1. The molecule has 0 spiro atoms. The third-order valence-electron chi connectivity index (χ3n) is 6.68. The van der Waals surface area contributed by atoms with Gasteiger partial charge in [0.25, 0.3) is 5.56 Å². The quantitative estimate of drug-likeness (QED) is 0.397. The minimum absolute atomic E-state index is 0.0626. The van der Waals surface area contributed by atoms with Crippen molar-refractivity contribution in [3.63, 3.8) is 0 Å². The topological polar surface area (TPSA) is 114 Å². The van der Waals surface area contributed by atoms with E-state index < -0.39 is 11.9 Å². The number of anilines is 1. The monoisotopic (exact) mass is 485 g/mol. The molecule has 10 heteroatoms. The van der Waals surface area contributed by atoms with Crippen LogP contribution in [0.15, 0.2) is 47.5 Å². The first-order chi connectivity index (χ1) is 17.4. The summed E-state index contributed by atoms with van der Waals surface area (Å²) in [4.78, 5) is 27.0. The Kier molecular flexibility index (Phi) is 4.99. The average molecular weight is 486 g/mol. The molecule has 3 aromatic heterocycles. The van der Waals surface area contributed by atoms with Crippen LogP contribution >= 0.6 is 0 Å². The number of nitrogen functional groups attached to an aromatic ring is 1. The number of fused-ring (bicyclic) bond motifs is 2. The van der Waals surface area contributed by atoms with Crippen LogP contribution in [-0.4, -0.2) is 36.4 Å². The fourth-order valence-corrected chi connectivity index (χ4v) is 4.70. The number of hydrogen-bond donors (Lipinski definition) is 1. The number of nitrogens with two attached hydrogens (primary N) is 1. The summed E-state index contributed by atoms with van der Waals surface area (Å²) >= 11 is 0. The first-order valence-corrected chi connectivity index (χ1v) is 11.7. The fraction of sp³-hybridized carbons (Fsp3) is 0.269. The van der Waals surface area contributed by atoms with Crippen molar-refractivity contribution in [3.8, 4) is 17.0 Å². The van der Waals surface area contributed by atoms with Crippen LogP contribution in [0.4, 0.5) is 10.2 Å². The van der Waals surface area contributed by atoms with Gasteiger partial charge in [-0.15, -0.1) is 0 Å². The Morgan fingerprint density at radius 3 is 2.69 bits per heavy atom. The molecule has 3 heterocycles. The van der Waals surface area contributed by atoms with Crippen LogP contribution in [0.2, 0.25) is 0 Å². The molecule has 5 aromatic rings. The van der Waals surface area contributed by atoms with Crippen molar-refractivity contribution in [2.45, 2.75) is 38.8 Å². The van der Waals surface area contributed by atoms with Crippen molar-refractivity contribution in [2.24, 2.45) is 0 Å². The van der Waals surface area contributed by atoms with Gasteiger partial charge in [-0.3, -0.25) is 9.36 Å². The lowest BCUT2D eigenvalue weighted by molar-refractivity contribution is 0.386. The Balaban J connectivity index is 1.59. The number of halogens is 1. The molecule has 1 saturated carbocycles. The van der Waals surface area contributed by atoms with E-state index in [1.54, 1.807) is 15.3 Å². The molecule has 2 N–H and O–H groups in total. The van der Waals surface area contributed by atoms with Crippen LogP contribution in [0.25, 0.3) is 33.2 Å². The Labute approximate surface area is 205 Å². The molecule has 2 aromatic carbocycles. The third-order valence-corrected chi connectivity index (χ3v) is 6.68. The third kappa shape index (κ3) is 3.40. The molecule has 1 atom stereocenters. The summed E-state index contributed by atoms with van der Waals surface area (Å²) in [6, 6.07) is 9.91. The molecule has 9 nitrogen and oxygen atoms in total. The van der Waals surface area contributed by atoms with Gasteiger partial charge in [0.1, 0.15) is 29.7 Å². The second-order valence-corrected chi connectivity index (χ2v) is 9.17. The number of nitrogens with zero attached hydrogens (tertiary/aromatic N) is 6. The largest absolute Gasteiger partial charge is 0.494 e. The predicted molar refractivity (Wildman–Crippen MR) is 135 cm³/mol. The highest BCUT2D eigenvalue weighted by molar-refractivity contribution is 5.98. The number of ether oxygens (including phenoxy) is 1. The van der Waals surface area contributed by atoms with Gasteiger partial charge in [0.2, 0.25) is 0 Å². The molecule has 1 aliphatic carbocycles. The molecule has 0 radical (unpaired) electrons. The number of aryl methyl sites for hydroxylation is 1. The van der Waals surface area contributed by atoms with E-state index in [1.165, 1.54) is 25.6 Å². The van der Waals surface area contributed by atoms with Crippen LogP contribution in [-0.2, 0) is 0 Å². The van der Waals surface area contributed by atoms with Crippen molar-refractivity contribution in [2.75, 3.05) is 12.8 Å². The van der Waals surface area contributed by atoms with Crippen molar-refractivity contribution in [1.29, 1.82) is 0 Å². The van der Waals surface area contributed by atoms with E-state index in [2.05, 4.69) is 9.97 Å². The summed E-state index contributed by atoms with van der Waals surface area (Å²) in [6.45, 7) is 3.89. The molecule has 0 aliphatic heterocycles. The molecule has 0 bridgehead atoms. The Bertz CT molecular complexity index is 1720. The fourth-order valence-electron chi connectivity index (χ4n) is 4.70. The Morgan fingerprint density at radius 2 is 1.97 bits per heavy atom. The molecule has 36 heavy (non-hydrogen) atoms. The minimum Gasteiger partial charge on any atom is -0.494 e. The molecule has 6 rings (SSSR count). The molecule has 0 amide bonds. The number of rotatable bonds is 5. The second kappa shape index (κ2) is 8.11. The van der Waals surface area contributed by atoms with E-state index in [-0.39, 0.29) is 23.2 Å². The van der Waals surface area contributed by atoms with Gasteiger partial charge >= 0.3 is 0 Å². The number of benzene rings is 2. The Hall–Kier alpha value is -4.34. The van der Waals surface area contributed by atoms with Crippen LogP contribution in [0.5, 0.6) is 5.75 Å². The average Bonchev–Trinajstić information content (AvgIpc) is 3.62. The maximum absolute atomic E-state index is 14.6. The van der Waals surface area contributed by atoms with Crippen molar-refractivity contribution in [3.05, 3.63) is 70.3 Å². The second-order valence-electron chi connectivity index (χ2n) is 9.17. The highest BCUT2D eigenvalue weighted by Gasteiger charge is 2.32. The van der Waals surface area contributed by atoms with E-state index in [9.17, 15) is 9.18 Å². The zero-order chi connectivity index (χ0) is 25.1. The smallest absolute Gasteiger partial charge is 0.261 e. The van der Waals surface area contributed by atoms with Gasteiger partial charge < -0.3 is 10.5 Å². The lowest BCUT2D eigenvalue weighted by Crippen LogP contribution is -2.28. The maximum atomic E-state index is 14.6. The van der Waals surface area contributed by atoms with E-state index in [4.69, 9.17) is 20.6 Å². The van der Waals surface area contributed by atoms with Gasteiger partial charge in [0, 0.05) is 11.6 Å². The van der Waals surface area contributed by atoms with Crippen LogP contribution in [0.1, 0.15) is 43.2 Å². The highest BCUT2D eigenvalue weighted by atomic mass is 19.1. The molecule has 1 fully saturated rings. The van der Waals surface area contributed by atoms with Crippen LogP contribution in [0.3, 0.4) is 0 Å². The first kappa shape index (κ1) is 22.1. The minimum atomic E-state index is -0.518. The van der Waals surface area contributed by atoms with Crippen molar-refractivity contribution in [1.82, 2.24) is 29.3 Å². The standard InChI is InChI=1S/C26H24FN7O2/c1-13-4-8-17-19(10-13)31-24(33(26(17)35)16-6-7-16)14(2)34-25-21(23(28)29-12-30-25)22(32-34)15-5-9-20(36-3)18(27)11-15/h4-5,8-12,14,16H,6-7H2,1-3H3,(H2,28,29,30).